The molecule has 1 heterocycles. The number of aryl methyl sites for hydroxylation is 1. The molecule has 3 aromatic rings. The number of nitrogens with zero attached hydrogens (tertiary/aromatic N) is 1. The molecule has 0 atom stereocenters. The van der Waals surface area contributed by atoms with Gasteiger partial charge in [0.1, 0.15) is 0 Å². The smallest absolute Gasteiger partial charge is 0.268 e. The number of halogens is 1. The summed E-state index contributed by atoms with van der Waals surface area (Å²) in [5, 5.41) is -0.235. The molecule has 0 N–H and O–H groups in total. The molecule has 150 valence electrons. The topological polar surface area (TPSA) is 37.4 Å². The van der Waals surface area contributed by atoms with Crippen LogP contribution in [0, 0.1) is 6.92 Å². The molecule has 0 unspecified atom stereocenters. The van der Waals surface area contributed by atoms with Crippen molar-refractivity contribution < 1.29 is 9.59 Å². The molecule has 3 nitrogen and oxygen atoms in total. The summed E-state index contributed by atoms with van der Waals surface area (Å²) in [4.78, 5) is 29.1. The quantitative estimate of drug-likeness (QED) is 0.352. The molecule has 1 saturated heterocycles. The largest absolute Gasteiger partial charge is 0.293 e. The van der Waals surface area contributed by atoms with Gasteiger partial charge in [-0.3, -0.25) is 14.5 Å². The minimum atomic E-state index is -0.244. The van der Waals surface area contributed by atoms with Crippen molar-refractivity contribution in [3.8, 4) is 0 Å². The molecule has 0 saturated carbocycles. The average Bonchev–Trinajstić information content (AvgIpc) is 3.00. The number of hydrogen-bond acceptors (Lipinski definition) is 4. The lowest BCUT2D eigenvalue weighted by atomic mass is 10.2. The van der Waals surface area contributed by atoms with Gasteiger partial charge in [0.15, 0.2) is 0 Å². The lowest BCUT2D eigenvalue weighted by molar-refractivity contribution is -0.123. The predicted molar refractivity (Wildman–Crippen MR) is 127 cm³/mol. The Hall–Kier alpha value is -2.28. The average molecular weight is 496 g/mol. The minimum absolute atomic E-state index is 0.235. The van der Waals surface area contributed by atoms with E-state index in [1.54, 1.807) is 17.8 Å². The highest BCUT2D eigenvalue weighted by molar-refractivity contribution is 9.10. The SMILES string of the molecule is Cc1ccc(Sc2ccc(/C=C3\SC(=O)N(Cc4ccc(Br)cc4)C3=O)cc2)cc1. The van der Waals surface area contributed by atoms with Crippen molar-refractivity contribution in [2.24, 2.45) is 0 Å². The van der Waals surface area contributed by atoms with Gasteiger partial charge in [0, 0.05) is 14.3 Å². The second-order valence-electron chi connectivity index (χ2n) is 6.88. The van der Waals surface area contributed by atoms with Crippen LogP contribution in [0.4, 0.5) is 4.79 Å². The van der Waals surface area contributed by atoms with E-state index in [2.05, 4.69) is 47.1 Å². The highest BCUT2D eigenvalue weighted by Crippen LogP contribution is 2.34. The number of thioether (sulfide) groups is 1. The Kier molecular flexibility index (Phi) is 6.46. The number of hydrogen-bond donors (Lipinski definition) is 0. The highest BCUT2D eigenvalue weighted by atomic mass is 79.9. The summed E-state index contributed by atoms with van der Waals surface area (Å²) in [7, 11) is 0. The monoisotopic (exact) mass is 495 g/mol. The van der Waals surface area contributed by atoms with Gasteiger partial charge in [-0.2, -0.15) is 0 Å². The predicted octanol–water partition coefficient (Wildman–Crippen LogP) is 7.15. The van der Waals surface area contributed by atoms with Gasteiger partial charge >= 0.3 is 0 Å². The van der Waals surface area contributed by atoms with E-state index in [9.17, 15) is 9.59 Å². The van der Waals surface area contributed by atoms with Crippen LogP contribution in [0.25, 0.3) is 6.08 Å². The van der Waals surface area contributed by atoms with Crippen LogP contribution < -0.4 is 0 Å². The van der Waals surface area contributed by atoms with Crippen LogP contribution in [0.15, 0.2) is 92.0 Å². The zero-order valence-corrected chi connectivity index (χ0v) is 19.4. The maximum Gasteiger partial charge on any atom is 0.293 e. The van der Waals surface area contributed by atoms with Gasteiger partial charge in [0.25, 0.3) is 11.1 Å². The second-order valence-corrected chi connectivity index (χ2v) is 9.93. The lowest BCUT2D eigenvalue weighted by Gasteiger charge is -2.12. The van der Waals surface area contributed by atoms with Crippen molar-refractivity contribution in [1.29, 1.82) is 0 Å². The van der Waals surface area contributed by atoms with E-state index in [-0.39, 0.29) is 17.7 Å². The molecule has 0 spiro atoms. The number of rotatable bonds is 5. The van der Waals surface area contributed by atoms with Crippen LogP contribution >= 0.6 is 39.5 Å². The molecule has 1 fully saturated rings. The first-order chi connectivity index (χ1) is 14.5. The maximum absolute atomic E-state index is 12.7. The van der Waals surface area contributed by atoms with E-state index in [1.807, 2.05) is 48.5 Å². The van der Waals surface area contributed by atoms with E-state index < -0.39 is 0 Å². The third kappa shape index (κ3) is 5.06. The third-order valence-electron chi connectivity index (χ3n) is 4.56. The van der Waals surface area contributed by atoms with Gasteiger partial charge in [-0.1, -0.05) is 69.7 Å². The van der Waals surface area contributed by atoms with E-state index in [0.29, 0.717) is 4.91 Å². The Morgan fingerprint density at radius 2 is 1.50 bits per heavy atom. The molecule has 3 aromatic carbocycles. The summed E-state index contributed by atoms with van der Waals surface area (Å²) >= 11 is 6.08. The molecule has 0 aromatic heterocycles. The fourth-order valence-electron chi connectivity index (χ4n) is 2.93. The molecule has 0 radical (unpaired) electrons. The number of amides is 2. The first-order valence-electron chi connectivity index (χ1n) is 9.32. The summed E-state index contributed by atoms with van der Waals surface area (Å²) in [5.41, 5.74) is 3.06. The summed E-state index contributed by atoms with van der Waals surface area (Å²) in [6.45, 7) is 2.35. The van der Waals surface area contributed by atoms with Gasteiger partial charge in [-0.15, -0.1) is 0 Å². The molecule has 1 aliphatic heterocycles. The van der Waals surface area contributed by atoms with Crippen LogP contribution in [0.2, 0.25) is 0 Å². The number of carbonyl (C=O) groups is 2. The Bertz CT molecular complexity index is 1110. The lowest BCUT2D eigenvalue weighted by Crippen LogP contribution is -2.27. The molecule has 6 heteroatoms. The van der Waals surface area contributed by atoms with Crippen molar-refractivity contribution in [2.75, 3.05) is 0 Å². The Morgan fingerprint density at radius 3 is 2.13 bits per heavy atom. The van der Waals surface area contributed by atoms with Crippen molar-refractivity contribution in [1.82, 2.24) is 4.90 Å². The van der Waals surface area contributed by atoms with E-state index in [1.165, 1.54) is 15.4 Å². The van der Waals surface area contributed by atoms with Crippen molar-refractivity contribution >= 4 is 56.7 Å². The molecule has 4 rings (SSSR count). The standard InChI is InChI=1S/C24H18BrNO2S2/c1-16-2-10-20(11-3-16)29-21-12-6-17(7-13-21)14-22-23(27)26(24(28)30-22)15-18-4-8-19(25)9-5-18/h2-14H,15H2,1H3/b22-14-. The van der Waals surface area contributed by atoms with Crippen LogP contribution in [0.3, 0.4) is 0 Å². The minimum Gasteiger partial charge on any atom is -0.268 e. The van der Waals surface area contributed by atoms with Crippen LogP contribution in [-0.4, -0.2) is 16.0 Å². The molecule has 1 aliphatic rings. The third-order valence-corrected chi connectivity index (χ3v) is 7.01. The fraction of sp³-hybridized carbons (Fsp3) is 0.0833. The summed E-state index contributed by atoms with van der Waals surface area (Å²) < 4.78 is 0.962. The van der Waals surface area contributed by atoms with Crippen LogP contribution in [0.5, 0.6) is 0 Å². The zero-order chi connectivity index (χ0) is 21.1. The molecular weight excluding hydrogens is 478 g/mol. The normalized spacial score (nSPS) is 15.3. The van der Waals surface area contributed by atoms with Crippen molar-refractivity contribution in [3.63, 3.8) is 0 Å². The Morgan fingerprint density at radius 1 is 0.900 bits per heavy atom. The molecule has 30 heavy (non-hydrogen) atoms. The second kappa shape index (κ2) is 9.25. The van der Waals surface area contributed by atoms with Gasteiger partial charge < -0.3 is 0 Å². The molecular formula is C24H18BrNO2S2. The summed E-state index contributed by atoms with van der Waals surface area (Å²) in [6, 6.07) is 24.0. The van der Waals surface area contributed by atoms with Gasteiger partial charge in [-0.05, 0) is 72.3 Å². The molecule has 0 aliphatic carbocycles. The maximum atomic E-state index is 12.7. The number of imide groups is 1. The first-order valence-corrected chi connectivity index (χ1v) is 11.7. The molecule has 0 bridgehead atoms. The fourth-order valence-corrected chi connectivity index (χ4v) is 4.85. The van der Waals surface area contributed by atoms with Crippen LogP contribution in [0.1, 0.15) is 16.7 Å². The van der Waals surface area contributed by atoms with E-state index in [0.717, 1.165) is 32.3 Å². The molecule has 2 amide bonds. The van der Waals surface area contributed by atoms with Crippen molar-refractivity contribution in [2.45, 2.75) is 23.3 Å². The summed E-state index contributed by atoms with van der Waals surface area (Å²) in [5.74, 6) is -0.244. The summed E-state index contributed by atoms with van der Waals surface area (Å²) in [6.07, 6.45) is 1.78. The Balaban J connectivity index is 1.45. The first kappa shape index (κ1) is 21.0. The zero-order valence-electron chi connectivity index (χ0n) is 16.2. The van der Waals surface area contributed by atoms with Gasteiger partial charge in [-0.25, -0.2) is 0 Å². The van der Waals surface area contributed by atoms with Gasteiger partial charge in [0.2, 0.25) is 0 Å². The van der Waals surface area contributed by atoms with Gasteiger partial charge in [0.05, 0.1) is 11.4 Å². The van der Waals surface area contributed by atoms with E-state index >= 15 is 0 Å². The van der Waals surface area contributed by atoms with E-state index in [4.69, 9.17) is 0 Å². The number of benzene rings is 3. The van der Waals surface area contributed by atoms with Crippen molar-refractivity contribution in [3.05, 3.63) is 98.9 Å². The number of carbonyl (C=O) groups excluding carboxylic acids is 2. The Labute approximate surface area is 192 Å². The highest BCUT2D eigenvalue weighted by Gasteiger charge is 2.34. The van der Waals surface area contributed by atoms with Crippen LogP contribution in [-0.2, 0) is 11.3 Å².